The van der Waals surface area contributed by atoms with E-state index in [2.05, 4.69) is 12.2 Å². The van der Waals surface area contributed by atoms with Gasteiger partial charge in [-0.25, -0.2) is 5.06 Å². The van der Waals surface area contributed by atoms with Gasteiger partial charge in [0.1, 0.15) is 23.6 Å². The van der Waals surface area contributed by atoms with Crippen LogP contribution in [-0.4, -0.2) is 32.1 Å². The molecule has 33 heavy (non-hydrogen) atoms. The highest BCUT2D eigenvalue weighted by atomic mass is 16.7. The summed E-state index contributed by atoms with van der Waals surface area (Å²) < 4.78 is 10.5. The number of para-hydroxylation sites is 1. The first kappa shape index (κ1) is 21.0. The zero-order chi connectivity index (χ0) is 22.8. The van der Waals surface area contributed by atoms with Gasteiger partial charge in [0.05, 0.1) is 19.9 Å². The molecule has 2 aliphatic rings. The molecule has 1 heterocycles. The third-order valence-corrected chi connectivity index (χ3v) is 6.15. The fraction of sp³-hybridized carbons (Fsp3) is 0.179. The Hall–Kier alpha value is -3.83. The van der Waals surface area contributed by atoms with Crippen molar-refractivity contribution >= 4 is 17.5 Å². The van der Waals surface area contributed by atoms with Crippen molar-refractivity contribution in [2.45, 2.75) is 12.1 Å². The van der Waals surface area contributed by atoms with Gasteiger partial charge in [0.2, 0.25) is 0 Å². The molecule has 0 amide bonds. The quantitative estimate of drug-likeness (QED) is 0.485. The molecule has 1 saturated heterocycles. The van der Waals surface area contributed by atoms with Gasteiger partial charge < -0.3 is 9.47 Å². The predicted molar refractivity (Wildman–Crippen MR) is 129 cm³/mol. The number of carbonyl (C=O) groups is 1. The first-order chi connectivity index (χ1) is 16.2. The van der Waals surface area contributed by atoms with Crippen molar-refractivity contribution in [1.82, 2.24) is 0 Å². The van der Waals surface area contributed by atoms with Crippen LogP contribution in [0.15, 0.2) is 96.6 Å². The van der Waals surface area contributed by atoms with Gasteiger partial charge in [0.25, 0.3) is 0 Å². The van der Waals surface area contributed by atoms with Gasteiger partial charge in [0, 0.05) is 11.5 Å². The molecule has 0 radical (unpaired) electrons. The minimum Gasteiger partial charge on any atom is -0.497 e. The van der Waals surface area contributed by atoms with Crippen LogP contribution >= 0.6 is 0 Å². The Labute approximate surface area is 193 Å². The number of anilines is 1. The molecule has 0 spiro atoms. The minimum atomic E-state index is -0.495. The van der Waals surface area contributed by atoms with Gasteiger partial charge in [-0.15, -0.1) is 0 Å². The molecule has 5 heteroatoms. The first-order valence-corrected chi connectivity index (χ1v) is 10.9. The van der Waals surface area contributed by atoms with Crippen LogP contribution in [0.1, 0.15) is 15.9 Å². The lowest BCUT2D eigenvalue weighted by Gasteiger charge is -2.26. The maximum absolute atomic E-state index is 13.8. The third-order valence-electron chi connectivity index (χ3n) is 6.15. The minimum absolute atomic E-state index is 0.0123. The molecular formula is C28H25NO4. The van der Waals surface area contributed by atoms with E-state index in [1.807, 2.05) is 84.9 Å². The summed E-state index contributed by atoms with van der Waals surface area (Å²) in [5, 5.41) is 1.77. The van der Waals surface area contributed by atoms with Gasteiger partial charge in [-0.2, -0.15) is 0 Å². The zero-order valence-electron chi connectivity index (χ0n) is 18.5. The number of carbonyl (C=O) groups excluding carboxylic acids is 1. The van der Waals surface area contributed by atoms with Crippen LogP contribution in [0.2, 0.25) is 0 Å². The van der Waals surface area contributed by atoms with Crippen molar-refractivity contribution in [3.63, 3.8) is 0 Å². The van der Waals surface area contributed by atoms with Crippen LogP contribution in [0.5, 0.6) is 11.5 Å². The summed E-state index contributed by atoms with van der Waals surface area (Å²) in [6.07, 6.45) is 6.02. The summed E-state index contributed by atoms with van der Waals surface area (Å²) in [5.74, 6) is 1.42. The lowest BCUT2D eigenvalue weighted by Crippen LogP contribution is -2.40. The second-order valence-electron chi connectivity index (χ2n) is 8.07. The third kappa shape index (κ3) is 4.03. The normalized spacial score (nSPS) is 22.4. The highest BCUT2D eigenvalue weighted by Crippen LogP contribution is 2.43. The largest absolute Gasteiger partial charge is 0.497 e. The molecule has 1 fully saturated rings. The summed E-state index contributed by atoms with van der Waals surface area (Å²) in [6.45, 7) is 0. The number of benzene rings is 3. The van der Waals surface area contributed by atoms with Crippen molar-refractivity contribution in [3.05, 3.63) is 108 Å². The molecular weight excluding hydrogens is 414 g/mol. The van der Waals surface area contributed by atoms with Crippen LogP contribution in [0, 0.1) is 5.92 Å². The number of methoxy groups -OCH3 is 2. The number of fused-ring (bicyclic) bond motifs is 1. The summed E-state index contributed by atoms with van der Waals surface area (Å²) in [5.41, 5.74) is 3.60. The standard InChI is InChI=1S/C28H25NO4/c1-31-23-13-8-19(9-14-23)18-21-12-17-25-26(21)27(29(33-25)22-6-4-3-5-7-22)28(30)20-10-15-24(32-2)16-11-20/h3-18,25-27H,1-2H3/b21-18+/t25-,26+,27+/m1/s1. The fourth-order valence-electron chi connectivity index (χ4n) is 4.46. The Morgan fingerprint density at radius 3 is 2.15 bits per heavy atom. The maximum atomic E-state index is 13.8. The molecule has 3 atom stereocenters. The van der Waals surface area contributed by atoms with E-state index in [-0.39, 0.29) is 17.8 Å². The Kier molecular flexibility index (Phi) is 5.71. The smallest absolute Gasteiger partial charge is 0.188 e. The van der Waals surface area contributed by atoms with Crippen molar-refractivity contribution in [2.75, 3.05) is 19.3 Å². The number of hydrogen-bond donors (Lipinski definition) is 0. The number of allylic oxidation sites excluding steroid dienone is 1. The van der Waals surface area contributed by atoms with E-state index < -0.39 is 6.04 Å². The number of nitrogens with zero attached hydrogens (tertiary/aromatic N) is 1. The fourth-order valence-corrected chi connectivity index (χ4v) is 4.46. The summed E-state index contributed by atoms with van der Waals surface area (Å²) in [7, 11) is 3.27. The number of Topliss-reactive ketones (excluding diaryl/α,β-unsaturated/α-hetero) is 1. The topological polar surface area (TPSA) is 48.0 Å². The van der Waals surface area contributed by atoms with Crippen LogP contribution in [-0.2, 0) is 4.84 Å². The Morgan fingerprint density at radius 2 is 1.52 bits per heavy atom. The summed E-state index contributed by atoms with van der Waals surface area (Å²) in [4.78, 5) is 20.1. The molecule has 0 bridgehead atoms. The maximum Gasteiger partial charge on any atom is 0.188 e. The number of hydroxylamine groups is 1. The van der Waals surface area contributed by atoms with Crippen LogP contribution in [0.4, 0.5) is 5.69 Å². The molecule has 166 valence electrons. The zero-order valence-corrected chi connectivity index (χ0v) is 18.5. The lowest BCUT2D eigenvalue weighted by atomic mass is 9.86. The van der Waals surface area contributed by atoms with Crippen molar-refractivity contribution in [1.29, 1.82) is 0 Å². The Balaban J connectivity index is 1.53. The molecule has 1 aliphatic carbocycles. The molecule has 5 nitrogen and oxygen atoms in total. The van der Waals surface area contributed by atoms with Crippen molar-refractivity contribution in [3.8, 4) is 11.5 Å². The summed E-state index contributed by atoms with van der Waals surface area (Å²) in [6, 6.07) is 24.4. The Morgan fingerprint density at radius 1 is 0.879 bits per heavy atom. The number of rotatable bonds is 6. The van der Waals surface area contributed by atoms with Gasteiger partial charge >= 0.3 is 0 Å². The molecule has 3 aromatic carbocycles. The van der Waals surface area contributed by atoms with E-state index in [0.29, 0.717) is 5.56 Å². The molecule has 1 aliphatic heterocycles. The van der Waals surface area contributed by atoms with E-state index in [1.54, 1.807) is 19.3 Å². The average Bonchev–Trinajstić information content (AvgIpc) is 3.44. The van der Waals surface area contributed by atoms with E-state index in [4.69, 9.17) is 14.3 Å². The molecule has 5 rings (SSSR count). The highest BCUT2D eigenvalue weighted by molar-refractivity contribution is 6.03. The van der Waals surface area contributed by atoms with Crippen LogP contribution in [0.3, 0.4) is 0 Å². The van der Waals surface area contributed by atoms with Gasteiger partial charge in [-0.05, 0) is 59.7 Å². The Bertz CT molecular complexity index is 1180. The summed E-state index contributed by atoms with van der Waals surface area (Å²) >= 11 is 0. The van der Waals surface area contributed by atoms with E-state index in [9.17, 15) is 4.79 Å². The van der Waals surface area contributed by atoms with E-state index >= 15 is 0 Å². The van der Waals surface area contributed by atoms with Gasteiger partial charge in [0.15, 0.2) is 5.78 Å². The predicted octanol–water partition coefficient (Wildman–Crippen LogP) is 5.35. The molecule has 0 unspecified atom stereocenters. The van der Waals surface area contributed by atoms with Crippen LogP contribution < -0.4 is 14.5 Å². The monoisotopic (exact) mass is 439 g/mol. The van der Waals surface area contributed by atoms with Crippen molar-refractivity contribution < 1.29 is 19.1 Å². The van der Waals surface area contributed by atoms with E-state index in [1.165, 1.54) is 0 Å². The first-order valence-electron chi connectivity index (χ1n) is 10.9. The number of ketones is 1. The van der Waals surface area contributed by atoms with Crippen molar-refractivity contribution in [2.24, 2.45) is 5.92 Å². The molecule has 0 saturated carbocycles. The van der Waals surface area contributed by atoms with Crippen LogP contribution in [0.25, 0.3) is 6.08 Å². The molecule has 3 aromatic rings. The lowest BCUT2D eigenvalue weighted by molar-refractivity contribution is 0.0885. The number of ether oxygens (including phenoxy) is 2. The molecule has 0 N–H and O–H groups in total. The average molecular weight is 440 g/mol. The highest BCUT2D eigenvalue weighted by Gasteiger charge is 2.50. The SMILES string of the molecule is COc1ccc(/C=C2\C=C[C@H]3ON(c4ccccc4)[C@H](C(=O)c4ccc(OC)cc4)[C@@H]23)cc1. The van der Waals surface area contributed by atoms with E-state index in [0.717, 1.165) is 28.3 Å². The van der Waals surface area contributed by atoms with Gasteiger partial charge in [-0.3, -0.25) is 9.63 Å². The number of hydrogen-bond acceptors (Lipinski definition) is 5. The second kappa shape index (κ2) is 8.96. The molecule has 0 aromatic heterocycles. The van der Waals surface area contributed by atoms with Gasteiger partial charge in [-0.1, -0.05) is 48.6 Å². The second-order valence-corrected chi connectivity index (χ2v) is 8.07.